The molecule has 0 unspecified atom stereocenters. The zero-order valence-electron chi connectivity index (χ0n) is 21.2. The summed E-state index contributed by atoms with van der Waals surface area (Å²) in [6, 6.07) is 18.6. The SMILES string of the molecule is O=C(NCCc1cc(F)ccc1F)c1ccccc1C1CCN(CCN2C(=O)COc3ccccc32)CC1. The van der Waals surface area contributed by atoms with E-state index in [4.69, 9.17) is 4.74 Å². The molecule has 1 saturated heterocycles. The number of carbonyl (C=O) groups excluding carboxylic acids is 2. The van der Waals surface area contributed by atoms with Gasteiger partial charge in [-0.15, -0.1) is 0 Å². The molecule has 2 heterocycles. The van der Waals surface area contributed by atoms with Gasteiger partial charge >= 0.3 is 0 Å². The Balaban J connectivity index is 1.15. The minimum absolute atomic E-state index is 0.0290. The molecule has 0 aliphatic carbocycles. The molecule has 1 fully saturated rings. The lowest BCUT2D eigenvalue weighted by Gasteiger charge is -2.35. The highest BCUT2D eigenvalue weighted by Crippen LogP contribution is 2.33. The first kappa shape index (κ1) is 25.9. The van der Waals surface area contributed by atoms with Gasteiger partial charge in [-0.05, 0) is 85.8 Å². The van der Waals surface area contributed by atoms with E-state index in [9.17, 15) is 18.4 Å². The molecule has 6 nitrogen and oxygen atoms in total. The van der Waals surface area contributed by atoms with Crippen LogP contribution in [0.15, 0.2) is 66.7 Å². The van der Waals surface area contributed by atoms with Gasteiger partial charge in [-0.25, -0.2) is 8.78 Å². The Morgan fingerprint density at radius 2 is 1.74 bits per heavy atom. The fourth-order valence-electron chi connectivity index (χ4n) is 5.31. The van der Waals surface area contributed by atoms with Crippen LogP contribution in [-0.4, -0.2) is 56.0 Å². The zero-order chi connectivity index (χ0) is 26.5. The van der Waals surface area contributed by atoms with Crippen LogP contribution in [0.5, 0.6) is 5.75 Å². The maximum Gasteiger partial charge on any atom is 0.265 e. The largest absolute Gasteiger partial charge is 0.482 e. The molecule has 38 heavy (non-hydrogen) atoms. The van der Waals surface area contributed by atoms with E-state index in [2.05, 4.69) is 10.2 Å². The van der Waals surface area contributed by atoms with Gasteiger partial charge in [0.05, 0.1) is 5.69 Å². The van der Waals surface area contributed by atoms with Gasteiger partial charge in [-0.2, -0.15) is 0 Å². The summed E-state index contributed by atoms with van der Waals surface area (Å²) in [5.74, 6) is -0.217. The van der Waals surface area contributed by atoms with Crippen molar-refractivity contribution < 1.29 is 23.1 Å². The summed E-state index contributed by atoms with van der Waals surface area (Å²) in [6.07, 6.45) is 2.03. The monoisotopic (exact) mass is 519 g/mol. The minimum atomic E-state index is -0.495. The zero-order valence-corrected chi connectivity index (χ0v) is 21.2. The summed E-state index contributed by atoms with van der Waals surface area (Å²) in [5, 5.41) is 2.87. The number of likely N-dealkylation sites (tertiary alicyclic amines) is 1. The van der Waals surface area contributed by atoms with Gasteiger partial charge in [0.1, 0.15) is 17.4 Å². The Morgan fingerprint density at radius 1 is 0.974 bits per heavy atom. The van der Waals surface area contributed by atoms with Gasteiger partial charge in [0, 0.05) is 25.2 Å². The molecule has 2 amide bonds. The van der Waals surface area contributed by atoms with Crippen molar-refractivity contribution in [3.63, 3.8) is 0 Å². The number of nitrogens with zero attached hydrogens (tertiary/aromatic N) is 2. The van der Waals surface area contributed by atoms with E-state index in [-0.39, 0.29) is 42.9 Å². The number of hydrogen-bond donors (Lipinski definition) is 1. The molecule has 0 aromatic heterocycles. The summed E-state index contributed by atoms with van der Waals surface area (Å²) in [5.41, 5.74) is 2.70. The number of nitrogens with one attached hydrogen (secondary N) is 1. The van der Waals surface area contributed by atoms with Crippen molar-refractivity contribution >= 4 is 17.5 Å². The smallest absolute Gasteiger partial charge is 0.265 e. The molecule has 3 aromatic rings. The number of fused-ring (bicyclic) bond motifs is 1. The lowest BCUT2D eigenvalue weighted by atomic mass is 9.86. The number of para-hydroxylation sites is 2. The minimum Gasteiger partial charge on any atom is -0.482 e. The molecule has 8 heteroatoms. The third-order valence-electron chi connectivity index (χ3n) is 7.37. The highest BCUT2D eigenvalue weighted by atomic mass is 19.1. The number of piperidine rings is 1. The number of rotatable bonds is 8. The van der Waals surface area contributed by atoms with Crippen molar-refractivity contribution in [1.82, 2.24) is 10.2 Å². The molecule has 2 aliphatic rings. The van der Waals surface area contributed by atoms with Crippen LogP contribution in [0.1, 0.15) is 40.2 Å². The normalized spacial score (nSPS) is 16.2. The quantitative estimate of drug-likeness (QED) is 0.475. The summed E-state index contributed by atoms with van der Waals surface area (Å²) in [6.45, 7) is 3.41. The van der Waals surface area contributed by atoms with Gasteiger partial charge in [-0.3, -0.25) is 9.59 Å². The summed E-state index contributed by atoms with van der Waals surface area (Å²) in [4.78, 5) is 29.6. The first-order valence-electron chi connectivity index (χ1n) is 13.0. The topological polar surface area (TPSA) is 61.9 Å². The van der Waals surface area contributed by atoms with Gasteiger partial charge in [0.2, 0.25) is 0 Å². The molecule has 0 radical (unpaired) electrons. The number of benzene rings is 3. The summed E-state index contributed by atoms with van der Waals surface area (Å²) >= 11 is 0. The van der Waals surface area contributed by atoms with E-state index in [1.165, 1.54) is 0 Å². The van der Waals surface area contributed by atoms with Gasteiger partial charge in [0.25, 0.3) is 11.8 Å². The van der Waals surface area contributed by atoms with Crippen molar-refractivity contribution in [2.45, 2.75) is 25.2 Å². The fraction of sp³-hybridized carbons (Fsp3) is 0.333. The molecule has 198 valence electrons. The molecule has 3 aromatic carbocycles. The Bertz CT molecular complexity index is 1310. The van der Waals surface area contributed by atoms with E-state index in [1.807, 2.05) is 48.5 Å². The van der Waals surface area contributed by atoms with E-state index in [1.54, 1.807) is 4.90 Å². The first-order chi connectivity index (χ1) is 18.5. The highest BCUT2D eigenvalue weighted by molar-refractivity contribution is 5.98. The van der Waals surface area contributed by atoms with Crippen molar-refractivity contribution in [2.24, 2.45) is 0 Å². The predicted octanol–water partition coefficient (Wildman–Crippen LogP) is 4.54. The maximum absolute atomic E-state index is 13.9. The van der Waals surface area contributed by atoms with Gasteiger partial charge < -0.3 is 19.9 Å². The molecule has 0 atom stereocenters. The van der Waals surface area contributed by atoms with Crippen LogP contribution in [0, 0.1) is 11.6 Å². The molecule has 1 N–H and O–H groups in total. The molecule has 0 spiro atoms. The summed E-state index contributed by atoms with van der Waals surface area (Å²) in [7, 11) is 0. The number of ether oxygens (including phenoxy) is 1. The third kappa shape index (κ3) is 5.86. The number of carbonyl (C=O) groups is 2. The molecular formula is C30H31F2N3O3. The number of amides is 2. The Hall–Kier alpha value is -3.78. The lowest BCUT2D eigenvalue weighted by Crippen LogP contribution is -2.45. The van der Waals surface area contributed by atoms with E-state index in [0.717, 1.165) is 67.7 Å². The second kappa shape index (κ2) is 11.7. The van der Waals surface area contributed by atoms with Crippen LogP contribution in [-0.2, 0) is 11.2 Å². The van der Waals surface area contributed by atoms with Crippen LogP contribution in [0.4, 0.5) is 14.5 Å². The number of hydrogen-bond acceptors (Lipinski definition) is 4. The standard InChI is InChI=1S/C30H31F2N3O3/c31-23-9-10-26(32)22(19-23)11-14-33-30(37)25-6-2-1-5-24(25)21-12-15-34(16-13-21)17-18-35-27-7-3-4-8-28(27)38-20-29(35)36/h1-10,19,21H,11-18,20H2,(H,33,37). The van der Waals surface area contributed by atoms with Crippen LogP contribution in [0.3, 0.4) is 0 Å². The van der Waals surface area contributed by atoms with Gasteiger partial charge in [-0.1, -0.05) is 30.3 Å². The maximum atomic E-state index is 13.9. The van der Waals surface area contributed by atoms with Crippen molar-refractivity contribution in [1.29, 1.82) is 0 Å². The van der Waals surface area contributed by atoms with Crippen LogP contribution >= 0.6 is 0 Å². The molecular weight excluding hydrogens is 488 g/mol. The van der Waals surface area contributed by atoms with E-state index >= 15 is 0 Å². The van der Waals surface area contributed by atoms with Gasteiger partial charge in [0.15, 0.2) is 6.61 Å². The fourth-order valence-corrected chi connectivity index (χ4v) is 5.31. The second-order valence-electron chi connectivity index (χ2n) is 9.75. The average Bonchev–Trinajstić information content (AvgIpc) is 2.94. The molecule has 5 rings (SSSR count). The molecule has 2 aliphatic heterocycles. The second-order valence-corrected chi connectivity index (χ2v) is 9.75. The summed E-state index contributed by atoms with van der Waals surface area (Å²) < 4.78 is 32.9. The van der Waals surface area contributed by atoms with Crippen molar-refractivity contribution in [2.75, 3.05) is 44.2 Å². The predicted molar refractivity (Wildman–Crippen MR) is 142 cm³/mol. The van der Waals surface area contributed by atoms with Crippen LogP contribution in [0.25, 0.3) is 0 Å². The van der Waals surface area contributed by atoms with Crippen molar-refractivity contribution in [3.8, 4) is 5.75 Å². The third-order valence-corrected chi connectivity index (χ3v) is 7.37. The number of halogens is 2. The highest BCUT2D eigenvalue weighted by Gasteiger charge is 2.28. The Kier molecular flexibility index (Phi) is 7.98. The van der Waals surface area contributed by atoms with Crippen LogP contribution in [0.2, 0.25) is 0 Å². The molecule has 0 saturated carbocycles. The lowest BCUT2D eigenvalue weighted by molar-refractivity contribution is -0.121. The Labute approximate surface area is 221 Å². The number of anilines is 1. The van der Waals surface area contributed by atoms with E-state index in [0.29, 0.717) is 12.1 Å². The Morgan fingerprint density at radius 3 is 2.58 bits per heavy atom. The van der Waals surface area contributed by atoms with E-state index < -0.39 is 11.6 Å². The molecule has 0 bridgehead atoms. The first-order valence-corrected chi connectivity index (χ1v) is 13.0. The average molecular weight is 520 g/mol. The van der Waals surface area contributed by atoms with Crippen LogP contribution < -0.4 is 15.0 Å². The van der Waals surface area contributed by atoms with Crippen molar-refractivity contribution in [3.05, 3.63) is 95.1 Å².